The predicted molar refractivity (Wildman–Crippen MR) is 127 cm³/mol. The molecule has 4 rings (SSSR count). The van der Waals surface area contributed by atoms with E-state index in [1.807, 2.05) is 61.5 Å². The minimum absolute atomic E-state index is 0.109. The molecule has 0 atom stereocenters. The molecule has 2 aromatic carbocycles. The second-order valence-electron chi connectivity index (χ2n) is 7.67. The molecule has 32 heavy (non-hydrogen) atoms. The van der Waals surface area contributed by atoms with Crippen LogP contribution in [-0.2, 0) is 11.3 Å². The Bertz CT molecular complexity index is 1020. The number of aromatic nitrogens is 3. The van der Waals surface area contributed by atoms with Gasteiger partial charge in [0.25, 0.3) is 0 Å². The molecule has 1 amide bonds. The Kier molecular flexibility index (Phi) is 7.79. The third-order valence-electron chi connectivity index (χ3n) is 5.32. The van der Waals surface area contributed by atoms with Gasteiger partial charge in [-0.1, -0.05) is 48.5 Å². The lowest BCUT2D eigenvalue weighted by molar-refractivity contribution is -0.113. The van der Waals surface area contributed by atoms with Crippen molar-refractivity contribution in [3.63, 3.8) is 0 Å². The van der Waals surface area contributed by atoms with Crippen LogP contribution < -0.4 is 10.1 Å². The van der Waals surface area contributed by atoms with Gasteiger partial charge in [-0.05, 0) is 57.1 Å². The number of piperidine rings is 1. The summed E-state index contributed by atoms with van der Waals surface area (Å²) in [5.74, 6) is 1.70. The number of nitrogens with zero attached hydrogens (tertiary/aromatic N) is 4. The number of likely N-dealkylation sites (tertiary alicyclic amines) is 1. The van der Waals surface area contributed by atoms with Gasteiger partial charge in [0.1, 0.15) is 5.75 Å². The highest BCUT2D eigenvalue weighted by Crippen LogP contribution is 2.26. The number of hydrogen-bond donors (Lipinski definition) is 1. The van der Waals surface area contributed by atoms with Gasteiger partial charge < -0.3 is 10.1 Å². The first-order valence-electron chi connectivity index (χ1n) is 11.1. The number of anilines is 1. The Balaban J connectivity index is 1.48. The molecule has 8 heteroatoms. The van der Waals surface area contributed by atoms with Crippen LogP contribution in [0.25, 0.3) is 5.69 Å². The molecule has 2 heterocycles. The molecule has 1 aromatic heterocycles. The van der Waals surface area contributed by atoms with Gasteiger partial charge in [0.2, 0.25) is 5.91 Å². The van der Waals surface area contributed by atoms with Crippen molar-refractivity contribution in [3.05, 3.63) is 60.4 Å². The Hall–Kier alpha value is -2.84. The summed E-state index contributed by atoms with van der Waals surface area (Å²) < 4.78 is 7.67. The molecule has 1 aliphatic rings. The fourth-order valence-electron chi connectivity index (χ4n) is 3.82. The van der Waals surface area contributed by atoms with Crippen LogP contribution in [0.5, 0.6) is 5.75 Å². The van der Waals surface area contributed by atoms with E-state index in [1.165, 1.54) is 31.0 Å². The normalized spacial score (nSPS) is 14.3. The smallest absolute Gasteiger partial charge is 0.234 e. The first kappa shape index (κ1) is 22.4. The van der Waals surface area contributed by atoms with E-state index >= 15 is 0 Å². The number of thioether (sulfide) groups is 1. The lowest BCUT2D eigenvalue weighted by atomic mass is 10.1. The van der Waals surface area contributed by atoms with Crippen molar-refractivity contribution < 1.29 is 9.53 Å². The summed E-state index contributed by atoms with van der Waals surface area (Å²) in [6, 6.07) is 17.6. The fourth-order valence-corrected chi connectivity index (χ4v) is 4.59. The minimum atomic E-state index is -0.109. The number of nitrogens with one attached hydrogen (secondary N) is 1. The third kappa shape index (κ3) is 5.69. The van der Waals surface area contributed by atoms with Crippen LogP contribution in [0.1, 0.15) is 32.0 Å². The van der Waals surface area contributed by atoms with Gasteiger partial charge in [0, 0.05) is 5.69 Å². The summed E-state index contributed by atoms with van der Waals surface area (Å²) in [6.45, 7) is 5.40. The van der Waals surface area contributed by atoms with Crippen LogP contribution >= 0.6 is 11.8 Å². The van der Waals surface area contributed by atoms with Gasteiger partial charge >= 0.3 is 0 Å². The van der Waals surface area contributed by atoms with Gasteiger partial charge in [-0.2, -0.15) is 0 Å². The maximum atomic E-state index is 12.7. The molecule has 0 spiro atoms. The Morgan fingerprint density at radius 1 is 1.03 bits per heavy atom. The van der Waals surface area contributed by atoms with Crippen LogP contribution in [0.2, 0.25) is 0 Å². The summed E-state index contributed by atoms with van der Waals surface area (Å²) in [6.07, 6.45) is 3.75. The molecule has 0 saturated carbocycles. The molecule has 0 unspecified atom stereocenters. The fraction of sp³-hybridized carbons (Fsp3) is 0.375. The zero-order valence-corrected chi connectivity index (χ0v) is 19.2. The lowest BCUT2D eigenvalue weighted by Crippen LogP contribution is -2.30. The van der Waals surface area contributed by atoms with Gasteiger partial charge in [0.05, 0.1) is 24.6 Å². The zero-order valence-electron chi connectivity index (χ0n) is 18.4. The van der Waals surface area contributed by atoms with Crippen molar-refractivity contribution in [3.8, 4) is 11.4 Å². The largest absolute Gasteiger partial charge is 0.492 e. The number of carbonyl (C=O) groups is 1. The Morgan fingerprint density at radius 3 is 2.56 bits per heavy atom. The van der Waals surface area contributed by atoms with Crippen LogP contribution in [0, 0.1) is 0 Å². The van der Waals surface area contributed by atoms with Crippen LogP contribution in [-0.4, -0.2) is 51.0 Å². The van der Waals surface area contributed by atoms with Crippen LogP contribution in [0.3, 0.4) is 0 Å². The van der Waals surface area contributed by atoms with E-state index in [2.05, 4.69) is 25.0 Å². The van der Waals surface area contributed by atoms with Gasteiger partial charge in [-0.15, -0.1) is 10.2 Å². The van der Waals surface area contributed by atoms with Crippen molar-refractivity contribution in [1.82, 2.24) is 19.7 Å². The molecule has 1 aliphatic heterocycles. The maximum absolute atomic E-state index is 12.7. The molecule has 3 aromatic rings. The van der Waals surface area contributed by atoms with E-state index in [0.717, 1.165) is 36.3 Å². The number of hydrogen-bond acceptors (Lipinski definition) is 6. The summed E-state index contributed by atoms with van der Waals surface area (Å²) in [7, 11) is 0. The minimum Gasteiger partial charge on any atom is -0.492 e. The van der Waals surface area contributed by atoms with Gasteiger partial charge in [-0.3, -0.25) is 14.3 Å². The Labute approximate surface area is 193 Å². The molecule has 0 bridgehead atoms. The SMILES string of the molecule is CCOc1ccccc1NC(=O)CSc1nnc(CN2CCCCC2)n1-c1ccccc1. The topological polar surface area (TPSA) is 72.3 Å². The van der Waals surface area contributed by atoms with E-state index in [1.54, 1.807) is 0 Å². The molecule has 1 N–H and O–H groups in total. The lowest BCUT2D eigenvalue weighted by Gasteiger charge is -2.26. The summed E-state index contributed by atoms with van der Waals surface area (Å²) >= 11 is 1.39. The molecular weight excluding hydrogens is 422 g/mol. The maximum Gasteiger partial charge on any atom is 0.234 e. The second-order valence-corrected chi connectivity index (χ2v) is 8.62. The van der Waals surface area contributed by atoms with Crippen molar-refractivity contribution in [1.29, 1.82) is 0 Å². The summed E-state index contributed by atoms with van der Waals surface area (Å²) in [4.78, 5) is 15.1. The number of benzene rings is 2. The molecule has 1 saturated heterocycles. The number of amides is 1. The van der Waals surface area contributed by atoms with Crippen molar-refractivity contribution in [2.45, 2.75) is 37.9 Å². The van der Waals surface area contributed by atoms with Crippen LogP contribution in [0.15, 0.2) is 59.8 Å². The van der Waals surface area contributed by atoms with Crippen molar-refractivity contribution in [2.24, 2.45) is 0 Å². The number of carbonyl (C=O) groups excluding carboxylic acids is 1. The standard InChI is InChI=1S/C24H29N5O2S/c1-2-31-21-14-8-7-13-20(21)25-23(30)18-32-24-27-26-22(17-28-15-9-4-10-16-28)29(24)19-11-5-3-6-12-19/h3,5-8,11-14H,2,4,9-10,15-18H2,1H3,(H,25,30). The average molecular weight is 452 g/mol. The molecule has 0 radical (unpaired) electrons. The number of rotatable bonds is 9. The van der Waals surface area contributed by atoms with E-state index in [9.17, 15) is 4.79 Å². The molecule has 7 nitrogen and oxygen atoms in total. The average Bonchev–Trinajstić information content (AvgIpc) is 3.22. The zero-order chi connectivity index (χ0) is 22.2. The first-order valence-corrected chi connectivity index (χ1v) is 12.1. The quantitative estimate of drug-likeness (QED) is 0.487. The number of para-hydroxylation sites is 3. The second kappa shape index (κ2) is 11.2. The van der Waals surface area contributed by atoms with Gasteiger partial charge in [-0.25, -0.2) is 0 Å². The summed E-state index contributed by atoms with van der Waals surface area (Å²) in [5, 5.41) is 12.6. The summed E-state index contributed by atoms with van der Waals surface area (Å²) in [5.41, 5.74) is 1.68. The van der Waals surface area contributed by atoms with E-state index < -0.39 is 0 Å². The number of ether oxygens (including phenoxy) is 1. The van der Waals surface area contributed by atoms with Crippen molar-refractivity contribution >= 4 is 23.4 Å². The highest BCUT2D eigenvalue weighted by atomic mass is 32.2. The molecular formula is C24H29N5O2S. The van der Waals surface area contributed by atoms with E-state index in [-0.39, 0.29) is 11.7 Å². The highest BCUT2D eigenvalue weighted by Gasteiger charge is 2.19. The molecule has 1 fully saturated rings. The van der Waals surface area contributed by atoms with Gasteiger partial charge in [0.15, 0.2) is 11.0 Å². The first-order chi connectivity index (χ1) is 15.7. The van der Waals surface area contributed by atoms with Crippen LogP contribution in [0.4, 0.5) is 5.69 Å². The predicted octanol–water partition coefficient (Wildman–Crippen LogP) is 4.38. The van der Waals surface area contributed by atoms with E-state index in [4.69, 9.17) is 4.74 Å². The molecule has 168 valence electrons. The van der Waals surface area contributed by atoms with E-state index in [0.29, 0.717) is 18.0 Å². The monoisotopic (exact) mass is 451 g/mol. The van der Waals surface area contributed by atoms with Crippen molar-refractivity contribution in [2.75, 3.05) is 30.8 Å². The third-order valence-corrected chi connectivity index (χ3v) is 6.25. The highest BCUT2D eigenvalue weighted by molar-refractivity contribution is 7.99. The Morgan fingerprint density at radius 2 is 1.78 bits per heavy atom. The molecule has 0 aliphatic carbocycles.